The molecule has 0 aromatic heterocycles. The number of hydrogen-bond donors (Lipinski definition) is 3. The summed E-state index contributed by atoms with van der Waals surface area (Å²) in [6.07, 6.45) is 61.0. The topological polar surface area (TPSA) is 167 Å². The second-order valence-corrected chi connectivity index (χ2v) is 18.8. The van der Waals surface area contributed by atoms with Gasteiger partial charge in [0.15, 0.2) is 6.10 Å². The fraction of sp³-hybridized carbons (Fsp3) is 0.845. The molecular weight excluding hydrogens is 841 g/mol. The number of rotatable bonds is 48. The summed E-state index contributed by atoms with van der Waals surface area (Å²) in [7, 11) is 0. The van der Waals surface area contributed by atoms with Crippen molar-refractivity contribution in [1.29, 1.82) is 0 Å². The highest BCUT2D eigenvalue weighted by Gasteiger charge is 2.34. The van der Waals surface area contributed by atoms with Crippen LogP contribution in [0.3, 0.4) is 0 Å². The first kappa shape index (κ1) is 68.8. The van der Waals surface area contributed by atoms with E-state index in [9.17, 15) is 24.6 Å². The molecule has 0 rings (SSSR count). The van der Waals surface area contributed by atoms with Crippen molar-refractivity contribution >= 4 is 17.9 Å². The molecule has 0 aromatic rings. The molecule has 0 aliphatic rings. The molecule has 0 saturated carbocycles. The van der Waals surface area contributed by atoms with Crippen molar-refractivity contribution in [1.82, 2.24) is 0 Å². The van der Waals surface area contributed by atoms with Crippen LogP contribution in [0.1, 0.15) is 304 Å². The first-order valence-electron chi connectivity index (χ1n) is 28.2. The number of carboxylic acids is 2. The van der Waals surface area contributed by atoms with E-state index < -0.39 is 30.0 Å². The molecule has 0 aromatic carbocycles. The van der Waals surface area contributed by atoms with Crippen LogP contribution < -0.4 is 10.2 Å². The average molecular weight is 949 g/mol. The van der Waals surface area contributed by atoms with Gasteiger partial charge in [0, 0.05) is 18.4 Å². The van der Waals surface area contributed by atoms with Crippen LogP contribution in [0.15, 0.2) is 36.5 Å². The first-order valence-corrected chi connectivity index (χ1v) is 28.2. The highest BCUT2D eigenvalue weighted by Crippen LogP contribution is 2.16. The third-order valence-corrected chi connectivity index (χ3v) is 12.0. The van der Waals surface area contributed by atoms with E-state index in [1.54, 1.807) is 6.92 Å². The van der Waals surface area contributed by atoms with Crippen LogP contribution in [0.25, 0.3) is 0 Å². The number of esters is 1. The van der Waals surface area contributed by atoms with Crippen molar-refractivity contribution in [2.75, 3.05) is 0 Å². The van der Waals surface area contributed by atoms with Gasteiger partial charge in [-0.2, -0.15) is 0 Å². The maximum atomic E-state index is 11.6. The first-order chi connectivity index (χ1) is 32.5. The number of unbranched alkanes of at least 4 members (excludes halogenated alkanes) is 33. The van der Waals surface area contributed by atoms with E-state index >= 15 is 0 Å². The van der Waals surface area contributed by atoms with Crippen molar-refractivity contribution in [2.45, 2.75) is 316 Å². The van der Waals surface area contributed by atoms with Crippen molar-refractivity contribution in [3.05, 3.63) is 36.5 Å². The fourth-order valence-electron chi connectivity index (χ4n) is 7.67. The second-order valence-electron chi connectivity index (χ2n) is 18.8. The summed E-state index contributed by atoms with van der Waals surface area (Å²) in [6.45, 7) is 8.37. The Bertz CT molecular complexity index is 1060. The Morgan fingerprint density at radius 3 is 0.821 bits per heavy atom. The predicted molar refractivity (Wildman–Crippen MR) is 278 cm³/mol. The third kappa shape index (κ3) is 65.6. The summed E-state index contributed by atoms with van der Waals surface area (Å²) in [4.78, 5) is 32.1. The number of allylic oxidation sites excluding steroid dienone is 6. The second kappa shape index (κ2) is 57.8. The van der Waals surface area contributed by atoms with E-state index in [4.69, 9.17) is 20.1 Å². The van der Waals surface area contributed by atoms with Gasteiger partial charge in [-0.15, -0.1) is 0 Å². The van der Waals surface area contributed by atoms with Crippen LogP contribution >= 0.6 is 0 Å². The minimum atomic E-state index is -2.97. The zero-order valence-corrected chi connectivity index (χ0v) is 44.2. The summed E-state index contributed by atoms with van der Waals surface area (Å²) >= 11 is 0. The predicted octanol–water partition coefficient (Wildman–Crippen LogP) is 14.5. The van der Waals surface area contributed by atoms with Gasteiger partial charge in [-0.05, 0) is 116 Å². The molecule has 1 atom stereocenters. The lowest BCUT2D eigenvalue weighted by molar-refractivity contribution is -0.356. The minimum Gasteiger partial charge on any atom is -0.550 e. The summed E-state index contributed by atoms with van der Waals surface area (Å²) < 4.78 is 4.89. The zero-order valence-electron chi connectivity index (χ0n) is 44.2. The Balaban J connectivity index is -0.000000933. The number of ether oxygens (including phenoxy) is 1. The Kier molecular flexibility index (Phi) is 59.4. The van der Waals surface area contributed by atoms with E-state index in [-0.39, 0.29) is 25.7 Å². The van der Waals surface area contributed by atoms with Gasteiger partial charge in [0.05, 0.1) is 0 Å². The molecule has 0 fully saturated rings. The van der Waals surface area contributed by atoms with E-state index in [0.717, 1.165) is 70.6 Å². The van der Waals surface area contributed by atoms with E-state index in [1.807, 2.05) is 0 Å². The van der Waals surface area contributed by atoms with Crippen LogP contribution in [-0.2, 0) is 19.1 Å². The summed E-state index contributed by atoms with van der Waals surface area (Å²) in [5.74, 6) is -5.29. The van der Waals surface area contributed by atoms with E-state index in [2.05, 4.69) is 57.2 Å². The van der Waals surface area contributed by atoms with Gasteiger partial charge in [-0.1, -0.05) is 218 Å². The van der Waals surface area contributed by atoms with Gasteiger partial charge >= 0.3 is 11.9 Å². The summed E-state index contributed by atoms with van der Waals surface area (Å²) in [5, 5.41) is 47.6. The largest absolute Gasteiger partial charge is 0.550 e. The number of hydrogen-bond acceptors (Lipinski definition) is 9. The monoisotopic (exact) mass is 949 g/mol. The van der Waals surface area contributed by atoms with Crippen LogP contribution in [0.2, 0.25) is 0 Å². The Labute approximate surface area is 413 Å². The Morgan fingerprint density at radius 1 is 0.373 bits per heavy atom. The van der Waals surface area contributed by atoms with Crippen LogP contribution in [-0.4, -0.2) is 45.3 Å². The molecule has 67 heavy (non-hydrogen) atoms. The van der Waals surface area contributed by atoms with Crippen molar-refractivity contribution < 1.29 is 44.7 Å². The molecule has 0 spiro atoms. The molecule has 0 saturated heterocycles. The summed E-state index contributed by atoms with van der Waals surface area (Å²) in [6, 6.07) is 0. The van der Waals surface area contributed by atoms with Gasteiger partial charge in [0.2, 0.25) is 0 Å². The Hall–Kier alpha value is -2.49. The van der Waals surface area contributed by atoms with Crippen LogP contribution in [0, 0.1) is 0 Å². The lowest BCUT2D eigenvalue weighted by atomic mass is 10.1. The number of aliphatic hydroxyl groups is 3. The number of carboxylic acid groups (broad SMARTS) is 2. The van der Waals surface area contributed by atoms with Gasteiger partial charge in [-0.3, -0.25) is 4.79 Å². The molecule has 1 unspecified atom stereocenters. The average Bonchev–Trinajstić information content (AvgIpc) is 3.29. The third-order valence-electron chi connectivity index (χ3n) is 12.0. The highest BCUT2D eigenvalue weighted by molar-refractivity contribution is 5.69. The summed E-state index contributed by atoms with van der Waals surface area (Å²) in [5.41, 5.74) is 0. The van der Waals surface area contributed by atoms with E-state index in [0.29, 0.717) is 0 Å². The van der Waals surface area contributed by atoms with Crippen molar-refractivity contribution in [2.24, 2.45) is 0 Å². The number of carbonyl (C=O) groups excluding carboxylic acids is 3. The maximum absolute atomic E-state index is 11.6. The molecule has 0 heterocycles. The highest BCUT2D eigenvalue weighted by atomic mass is 16.7. The van der Waals surface area contributed by atoms with Gasteiger partial charge in [-0.25, -0.2) is 0 Å². The van der Waals surface area contributed by atoms with Crippen LogP contribution in [0.5, 0.6) is 0 Å². The quantitative estimate of drug-likeness (QED) is 0.0233. The molecule has 9 nitrogen and oxygen atoms in total. The molecule has 0 bridgehead atoms. The Morgan fingerprint density at radius 2 is 0.597 bits per heavy atom. The van der Waals surface area contributed by atoms with Crippen molar-refractivity contribution in [3.63, 3.8) is 0 Å². The lowest BCUT2D eigenvalue weighted by Crippen LogP contribution is -2.44. The molecule has 396 valence electrons. The minimum absolute atomic E-state index is 0.140. The SMILES string of the molecule is CCCCCCCC/C=C\CCCCCCCC(=O)OC(CC)C(O)(O)O.CCCCCCCC/C=C\CCCCCCCC(=O)[O-].CCCCCCCC/C=C\CCCCCCCC(=O)[O-]. The van der Waals surface area contributed by atoms with Crippen molar-refractivity contribution in [3.8, 4) is 0 Å². The molecule has 3 N–H and O–H groups in total. The van der Waals surface area contributed by atoms with E-state index in [1.165, 1.54) is 180 Å². The molecule has 0 aliphatic heterocycles. The molecule has 0 amide bonds. The molecule has 0 aliphatic carbocycles. The molecule has 9 heteroatoms. The number of carbonyl (C=O) groups is 3. The van der Waals surface area contributed by atoms with Gasteiger partial charge in [0.1, 0.15) is 0 Å². The fourth-order valence-corrected chi connectivity index (χ4v) is 7.67. The molecule has 0 radical (unpaired) electrons. The standard InChI is InChI=1S/C22H42O5.2C18H34O2/c1-3-5-6-7-8-9-10-11-12-13-14-15-16-17-18-19-21(23)27-20(4-2)22(24,25)26;2*1-2-3-4-5-6-7-8-9-10-11-12-13-14-15-16-17-18(19)20/h11-12,20,24-26H,3-10,13-19H2,1-2H3;2*9-10H,2-8,11-17H2,1H3,(H,19,20)/p-2/b12-11-;2*10-9-. The number of aliphatic carboxylic acids is 2. The normalized spacial score (nSPS) is 12.0. The van der Waals surface area contributed by atoms with Crippen LogP contribution in [0.4, 0.5) is 0 Å². The van der Waals surface area contributed by atoms with Gasteiger partial charge in [0.25, 0.3) is 0 Å². The smallest absolute Gasteiger partial charge is 0.314 e. The zero-order chi connectivity index (χ0) is 50.2. The maximum Gasteiger partial charge on any atom is 0.314 e. The van der Waals surface area contributed by atoms with Gasteiger partial charge < -0.3 is 39.9 Å². The molecular formula is C58H108O9-2. The lowest BCUT2D eigenvalue weighted by Gasteiger charge is -2.24.